The van der Waals surface area contributed by atoms with Crippen LogP contribution in [0, 0.1) is 5.82 Å². The molecule has 2 aromatic rings. The van der Waals surface area contributed by atoms with Crippen molar-refractivity contribution in [2.45, 2.75) is 13.0 Å². The molecule has 1 saturated heterocycles. The van der Waals surface area contributed by atoms with E-state index in [0.29, 0.717) is 17.3 Å². The summed E-state index contributed by atoms with van der Waals surface area (Å²) < 4.78 is 19.4. The minimum Gasteiger partial charge on any atom is -0.379 e. The van der Waals surface area contributed by atoms with Crippen LogP contribution in [-0.2, 0) is 11.3 Å². The number of hydrogen-bond acceptors (Lipinski definition) is 4. The van der Waals surface area contributed by atoms with Gasteiger partial charge in [-0.1, -0.05) is 12.1 Å². The highest BCUT2D eigenvalue weighted by Crippen LogP contribution is 2.15. The summed E-state index contributed by atoms with van der Waals surface area (Å²) in [6, 6.07) is 10.5. The molecule has 2 heterocycles. The van der Waals surface area contributed by atoms with Crippen molar-refractivity contribution in [2.75, 3.05) is 44.7 Å². The van der Waals surface area contributed by atoms with Crippen LogP contribution in [-0.4, -0.2) is 59.3 Å². The summed E-state index contributed by atoms with van der Waals surface area (Å²) in [7, 11) is 0. The van der Waals surface area contributed by atoms with Crippen LogP contribution in [0.15, 0.2) is 48.8 Å². The number of ether oxygens (including phenoxy) is 1. The molecule has 0 radical (unpaired) electrons. The van der Waals surface area contributed by atoms with Gasteiger partial charge in [-0.2, -0.15) is 0 Å². The monoisotopic (exact) mass is 388 g/mol. The molecule has 0 saturated carbocycles. The molecule has 0 unspecified atom stereocenters. The second kappa shape index (κ2) is 10.3. The summed E-state index contributed by atoms with van der Waals surface area (Å²) in [4.78, 5) is 8.55. The van der Waals surface area contributed by atoms with Crippen molar-refractivity contribution in [3.05, 3.63) is 60.2 Å². The highest BCUT2D eigenvalue weighted by molar-refractivity contribution is 7.80. The van der Waals surface area contributed by atoms with Gasteiger partial charge in [-0.25, -0.2) is 4.39 Å². The fraction of sp³-hybridized carbons (Fsp3) is 0.400. The van der Waals surface area contributed by atoms with E-state index in [2.05, 4.69) is 20.1 Å². The number of halogens is 1. The number of morpholine rings is 1. The number of hydrogen-bond donors (Lipinski definition) is 1. The molecule has 1 aromatic carbocycles. The van der Waals surface area contributed by atoms with E-state index in [4.69, 9.17) is 17.0 Å². The number of nitrogens with zero attached hydrogens (tertiary/aromatic N) is 3. The summed E-state index contributed by atoms with van der Waals surface area (Å²) in [6.45, 7) is 6.00. The SMILES string of the molecule is Fc1ccccc1NC(=S)N(CCCN1CCOCC1)Cc1ccncc1. The molecule has 0 aliphatic carbocycles. The Bertz CT molecular complexity index is 725. The quantitative estimate of drug-likeness (QED) is 0.735. The first-order valence-electron chi connectivity index (χ1n) is 9.22. The van der Waals surface area contributed by atoms with E-state index in [1.54, 1.807) is 30.6 Å². The Hall–Kier alpha value is -2.09. The largest absolute Gasteiger partial charge is 0.379 e. The zero-order valence-corrected chi connectivity index (χ0v) is 16.1. The molecule has 5 nitrogen and oxygen atoms in total. The van der Waals surface area contributed by atoms with Crippen LogP contribution < -0.4 is 5.32 Å². The third kappa shape index (κ3) is 6.23. The molecule has 1 aliphatic heterocycles. The summed E-state index contributed by atoms with van der Waals surface area (Å²) >= 11 is 5.58. The van der Waals surface area contributed by atoms with Crippen LogP contribution in [0.25, 0.3) is 0 Å². The fourth-order valence-corrected chi connectivity index (χ4v) is 3.29. The molecule has 0 atom stereocenters. The standard InChI is InChI=1S/C20H25FN4OS/c21-18-4-1-2-5-19(18)23-20(27)25(16-17-6-8-22-9-7-17)11-3-10-24-12-14-26-15-13-24/h1-2,4-9H,3,10-16H2,(H,23,27). The van der Waals surface area contributed by atoms with E-state index in [9.17, 15) is 4.39 Å². The second-order valence-electron chi connectivity index (χ2n) is 6.49. The number of benzene rings is 1. The predicted octanol–water partition coefficient (Wildman–Crippen LogP) is 3.14. The van der Waals surface area contributed by atoms with Crippen molar-refractivity contribution in [1.29, 1.82) is 0 Å². The predicted molar refractivity (Wildman–Crippen MR) is 109 cm³/mol. The van der Waals surface area contributed by atoms with E-state index in [1.165, 1.54) is 6.07 Å². The van der Waals surface area contributed by atoms with Crippen molar-refractivity contribution in [3.8, 4) is 0 Å². The molecule has 3 rings (SSSR count). The van der Waals surface area contributed by atoms with Gasteiger partial charge < -0.3 is 15.0 Å². The molecule has 1 N–H and O–H groups in total. The normalized spacial score (nSPS) is 14.7. The van der Waals surface area contributed by atoms with Crippen LogP contribution in [0.4, 0.5) is 10.1 Å². The molecule has 1 fully saturated rings. The van der Waals surface area contributed by atoms with Crippen molar-refractivity contribution < 1.29 is 9.13 Å². The Morgan fingerprint density at radius 1 is 1.19 bits per heavy atom. The topological polar surface area (TPSA) is 40.6 Å². The molecule has 1 aromatic heterocycles. The van der Waals surface area contributed by atoms with Gasteiger partial charge in [0.2, 0.25) is 0 Å². The molecule has 1 aliphatic rings. The Balaban J connectivity index is 1.61. The lowest BCUT2D eigenvalue weighted by Crippen LogP contribution is -2.40. The first kappa shape index (κ1) is 19.7. The van der Waals surface area contributed by atoms with Crippen LogP contribution in [0.5, 0.6) is 0 Å². The van der Waals surface area contributed by atoms with E-state index in [-0.39, 0.29) is 5.82 Å². The number of para-hydroxylation sites is 1. The molecule has 7 heteroatoms. The maximum Gasteiger partial charge on any atom is 0.173 e. The van der Waals surface area contributed by atoms with Gasteiger partial charge in [0.25, 0.3) is 0 Å². The number of thiocarbonyl (C=S) groups is 1. The van der Waals surface area contributed by atoms with Crippen LogP contribution >= 0.6 is 12.2 Å². The van der Waals surface area contributed by atoms with E-state index in [0.717, 1.165) is 51.4 Å². The third-order valence-electron chi connectivity index (χ3n) is 4.53. The molecular weight excluding hydrogens is 363 g/mol. The molecule has 0 spiro atoms. The highest BCUT2D eigenvalue weighted by Gasteiger charge is 2.14. The third-order valence-corrected chi connectivity index (χ3v) is 4.89. The molecule has 0 bridgehead atoms. The Kier molecular flexibility index (Phi) is 7.50. The molecule has 0 amide bonds. The number of nitrogens with one attached hydrogen (secondary N) is 1. The number of rotatable bonds is 7. The van der Waals surface area contributed by atoms with Gasteiger partial charge in [0, 0.05) is 45.1 Å². The molecule has 27 heavy (non-hydrogen) atoms. The number of pyridine rings is 1. The maximum atomic E-state index is 14.0. The van der Waals surface area contributed by atoms with Gasteiger partial charge in [0.15, 0.2) is 5.11 Å². The zero-order chi connectivity index (χ0) is 18.9. The smallest absolute Gasteiger partial charge is 0.173 e. The van der Waals surface area contributed by atoms with Crippen LogP contribution in [0.1, 0.15) is 12.0 Å². The molecular formula is C20H25FN4OS. The number of anilines is 1. The fourth-order valence-electron chi connectivity index (χ4n) is 3.03. The van der Waals surface area contributed by atoms with Gasteiger partial charge in [0.1, 0.15) is 5.82 Å². The maximum absolute atomic E-state index is 14.0. The van der Waals surface area contributed by atoms with E-state index < -0.39 is 0 Å². The molecule has 144 valence electrons. The van der Waals surface area contributed by atoms with Gasteiger partial charge >= 0.3 is 0 Å². The lowest BCUT2D eigenvalue weighted by Gasteiger charge is -2.29. The average molecular weight is 389 g/mol. The van der Waals surface area contributed by atoms with Gasteiger partial charge in [0.05, 0.1) is 18.9 Å². The van der Waals surface area contributed by atoms with Gasteiger partial charge in [-0.15, -0.1) is 0 Å². The summed E-state index contributed by atoms with van der Waals surface area (Å²) in [5.74, 6) is -0.308. The van der Waals surface area contributed by atoms with Gasteiger partial charge in [-0.05, 0) is 48.5 Å². The van der Waals surface area contributed by atoms with Crippen LogP contribution in [0.2, 0.25) is 0 Å². The summed E-state index contributed by atoms with van der Waals surface area (Å²) in [5.41, 5.74) is 1.52. The summed E-state index contributed by atoms with van der Waals surface area (Å²) in [5, 5.41) is 3.58. The lowest BCUT2D eigenvalue weighted by molar-refractivity contribution is 0.0368. The average Bonchev–Trinajstić information content (AvgIpc) is 2.70. The second-order valence-corrected chi connectivity index (χ2v) is 6.88. The Morgan fingerprint density at radius 2 is 1.93 bits per heavy atom. The highest BCUT2D eigenvalue weighted by atomic mass is 32.1. The first-order chi connectivity index (χ1) is 13.2. The van der Waals surface area contributed by atoms with E-state index in [1.807, 2.05) is 12.1 Å². The van der Waals surface area contributed by atoms with E-state index >= 15 is 0 Å². The minimum absolute atomic E-state index is 0.308. The van der Waals surface area contributed by atoms with Crippen molar-refractivity contribution in [2.24, 2.45) is 0 Å². The van der Waals surface area contributed by atoms with Crippen molar-refractivity contribution in [1.82, 2.24) is 14.8 Å². The van der Waals surface area contributed by atoms with Crippen molar-refractivity contribution in [3.63, 3.8) is 0 Å². The van der Waals surface area contributed by atoms with Crippen LogP contribution in [0.3, 0.4) is 0 Å². The van der Waals surface area contributed by atoms with Crippen molar-refractivity contribution >= 4 is 23.0 Å². The Labute approximate surface area is 165 Å². The Morgan fingerprint density at radius 3 is 2.67 bits per heavy atom. The van der Waals surface area contributed by atoms with Gasteiger partial charge in [-0.3, -0.25) is 9.88 Å². The lowest BCUT2D eigenvalue weighted by atomic mass is 10.2. The first-order valence-corrected chi connectivity index (χ1v) is 9.62. The minimum atomic E-state index is -0.308. The summed E-state index contributed by atoms with van der Waals surface area (Å²) in [6.07, 6.45) is 4.52. The number of aromatic nitrogens is 1. The zero-order valence-electron chi connectivity index (χ0n) is 15.3.